The summed E-state index contributed by atoms with van der Waals surface area (Å²) in [5.41, 5.74) is 1.08. The highest BCUT2D eigenvalue weighted by Gasteiger charge is 2.08. The van der Waals surface area contributed by atoms with Crippen molar-refractivity contribution in [1.82, 2.24) is 5.32 Å². The van der Waals surface area contributed by atoms with Gasteiger partial charge in [-0.1, -0.05) is 13.0 Å². The van der Waals surface area contributed by atoms with Gasteiger partial charge in [-0.25, -0.2) is 4.79 Å². The van der Waals surface area contributed by atoms with Gasteiger partial charge in [-0.3, -0.25) is 0 Å². The molecule has 0 aliphatic carbocycles. The van der Waals surface area contributed by atoms with Crippen LogP contribution in [0.3, 0.4) is 0 Å². The third-order valence-corrected chi connectivity index (χ3v) is 2.42. The summed E-state index contributed by atoms with van der Waals surface area (Å²) in [5.74, 6) is 0.0409. The summed E-state index contributed by atoms with van der Waals surface area (Å²) in [6, 6.07) is 5.53. The molecule has 5 nitrogen and oxygen atoms in total. The molecule has 0 spiro atoms. The van der Waals surface area contributed by atoms with Crippen LogP contribution in [-0.4, -0.2) is 30.8 Å². The van der Waals surface area contributed by atoms with E-state index in [4.69, 9.17) is 14.6 Å². The molecule has 1 rings (SSSR count). The highest BCUT2D eigenvalue weighted by Crippen LogP contribution is 2.28. The lowest BCUT2D eigenvalue weighted by atomic mass is 10.2. The highest BCUT2D eigenvalue weighted by atomic mass is 16.5. The van der Waals surface area contributed by atoms with E-state index in [-0.39, 0.29) is 6.61 Å². The molecule has 0 radical (unpaired) electrons. The van der Waals surface area contributed by atoms with Gasteiger partial charge < -0.3 is 19.9 Å². The summed E-state index contributed by atoms with van der Waals surface area (Å²) in [6.45, 7) is 5.85. The third-order valence-electron chi connectivity index (χ3n) is 2.42. The maximum Gasteiger partial charge on any atom is 0.341 e. The fourth-order valence-electron chi connectivity index (χ4n) is 1.60. The molecule has 0 fully saturated rings. The van der Waals surface area contributed by atoms with Gasteiger partial charge in [0.2, 0.25) is 0 Å². The van der Waals surface area contributed by atoms with Gasteiger partial charge in [-0.05, 0) is 37.6 Å². The number of nitrogens with one attached hydrogen (secondary N) is 1. The maximum absolute atomic E-state index is 10.5. The monoisotopic (exact) mass is 267 g/mol. The van der Waals surface area contributed by atoms with Gasteiger partial charge in [-0.2, -0.15) is 0 Å². The summed E-state index contributed by atoms with van der Waals surface area (Å²) < 4.78 is 10.7. The smallest absolute Gasteiger partial charge is 0.341 e. The van der Waals surface area contributed by atoms with Crippen molar-refractivity contribution in [2.45, 2.75) is 26.8 Å². The largest absolute Gasteiger partial charge is 0.490 e. The topological polar surface area (TPSA) is 67.8 Å². The molecule has 0 atom stereocenters. The van der Waals surface area contributed by atoms with E-state index in [1.807, 2.05) is 19.1 Å². The predicted molar refractivity (Wildman–Crippen MR) is 72.7 cm³/mol. The molecule has 5 heteroatoms. The number of aliphatic carboxylic acids is 1. The second-order valence-corrected chi connectivity index (χ2v) is 4.07. The number of ether oxygens (including phenoxy) is 2. The molecular weight excluding hydrogens is 246 g/mol. The van der Waals surface area contributed by atoms with E-state index in [1.165, 1.54) is 0 Å². The Bertz CT molecular complexity index is 406. The lowest BCUT2D eigenvalue weighted by molar-refractivity contribution is -0.139. The van der Waals surface area contributed by atoms with Gasteiger partial charge in [0.15, 0.2) is 18.1 Å². The maximum atomic E-state index is 10.5. The Kier molecular flexibility index (Phi) is 6.74. The van der Waals surface area contributed by atoms with E-state index in [9.17, 15) is 4.79 Å². The molecular formula is C14H21NO4. The SMILES string of the molecule is CCCNCc1ccc(OCC(=O)O)c(OCC)c1. The van der Waals surface area contributed by atoms with E-state index in [2.05, 4.69) is 12.2 Å². The van der Waals surface area contributed by atoms with E-state index in [0.29, 0.717) is 18.1 Å². The van der Waals surface area contributed by atoms with Gasteiger partial charge in [-0.15, -0.1) is 0 Å². The Balaban J connectivity index is 2.72. The highest BCUT2D eigenvalue weighted by molar-refractivity contribution is 5.68. The van der Waals surface area contributed by atoms with Crippen LogP contribution in [0.4, 0.5) is 0 Å². The fraction of sp³-hybridized carbons (Fsp3) is 0.500. The van der Waals surface area contributed by atoms with Crippen LogP contribution in [0.25, 0.3) is 0 Å². The van der Waals surface area contributed by atoms with Crippen molar-refractivity contribution in [2.75, 3.05) is 19.8 Å². The summed E-state index contributed by atoms with van der Waals surface area (Å²) in [7, 11) is 0. The molecule has 0 saturated heterocycles. The average Bonchev–Trinajstić information content (AvgIpc) is 2.38. The van der Waals surface area contributed by atoms with Crippen LogP contribution in [0.2, 0.25) is 0 Å². The molecule has 1 aromatic carbocycles. The van der Waals surface area contributed by atoms with Crippen LogP contribution >= 0.6 is 0 Å². The molecule has 0 aromatic heterocycles. The van der Waals surface area contributed by atoms with Crippen molar-refractivity contribution in [3.63, 3.8) is 0 Å². The van der Waals surface area contributed by atoms with Crippen LogP contribution in [0.5, 0.6) is 11.5 Å². The van der Waals surface area contributed by atoms with Gasteiger partial charge in [0.1, 0.15) is 0 Å². The van der Waals surface area contributed by atoms with Crippen molar-refractivity contribution < 1.29 is 19.4 Å². The summed E-state index contributed by atoms with van der Waals surface area (Å²) >= 11 is 0. The summed E-state index contributed by atoms with van der Waals surface area (Å²) in [5, 5.41) is 11.9. The minimum Gasteiger partial charge on any atom is -0.490 e. The van der Waals surface area contributed by atoms with Crippen molar-refractivity contribution in [3.8, 4) is 11.5 Å². The number of carboxylic acid groups (broad SMARTS) is 1. The van der Waals surface area contributed by atoms with Crippen molar-refractivity contribution in [3.05, 3.63) is 23.8 Å². The molecule has 0 saturated carbocycles. The minimum absolute atomic E-state index is 0.368. The number of hydrogen-bond donors (Lipinski definition) is 2. The number of hydrogen-bond acceptors (Lipinski definition) is 4. The van der Waals surface area contributed by atoms with Crippen LogP contribution in [0.1, 0.15) is 25.8 Å². The van der Waals surface area contributed by atoms with E-state index < -0.39 is 5.97 Å². The summed E-state index contributed by atoms with van der Waals surface area (Å²) in [4.78, 5) is 10.5. The number of carboxylic acids is 1. The van der Waals surface area contributed by atoms with Gasteiger partial charge >= 0.3 is 5.97 Å². The predicted octanol–water partition coefficient (Wildman–Crippen LogP) is 2.05. The lowest BCUT2D eigenvalue weighted by Crippen LogP contribution is -2.14. The first kappa shape index (κ1) is 15.3. The Hall–Kier alpha value is -1.75. The van der Waals surface area contributed by atoms with Crippen LogP contribution in [0.15, 0.2) is 18.2 Å². The number of benzene rings is 1. The molecule has 0 bridgehead atoms. The van der Waals surface area contributed by atoms with E-state index in [1.54, 1.807) is 6.07 Å². The quantitative estimate of drug-likeness (QED) is 0.670. The zero-order valence-corrected chi connectivity index (χ0v) is 11.4. The standard InChI is InChI=1S/C14H21NO4/c1-3-7-15-9-11-5-6-12(19-10-14(16)17)13(8-11)18-4-2/h5-6,8,15H,3-4,7,9-10H2,1-2H3,(H,16,17). The van der Waals surface area contributed by atoms with Crippen molar-refractivity contribution in [1.29, 1.82) is 0 Å². The minimum atomic E-state index is -1.00. The molecule has 19 heavy (non-hydrogen) atoms. The first-order chi connectivity index (χ1) is 9.17. The Morgan fingerprint density at radius 3 is 2.68 bits per heavy atom. The Labute approximate surface area is 113 Å². The molecule has 0 aliphatic heterocycles. The normalized spacial score (nSPS) is 10.2. The van der Waals surface area contributed by atoms with Crippen LogP contribution in [-0.2, 0) is 11.3 Å². The molecule has 0 heterocycles. The van der Waals surface area contributed by atoms with E-state index >= 15 is 0 Å². The number of rotatable bonds is 9. The molecule has 1 aromatic rings. The molecule has 0 aliphatic rings. The zero-order chi connectivity index (χ0) is 14.1. The Morgan fingerprint density at radius 1 is 1.26 bits per heavy atom. The first-order valence-electron chi connectivity index (χ1n) is 6.48. The van der Waals surface area contributed by atoms with Crippen LogP contribution < -0.4 is 14.8 Å². The lowest BCUT2D eigenvalue weighted by Gasteiger charge is -2.12. The first-order valence-corrected chi connectivity index (χ1v) is 6.48. The second kappa shape index (κ2) is 8.37. The molecule has 0 amide bonds. The molecule has 2 N–H and O–H groups in total. The third kappa shape index (κ3) is 5.61. The molecule has 0 unspecified atom stereocenters. The fourth-order valence-corrected chi connectivity index (χ4v) is 1.60. The van der Waals surface area contributed by atoms with E-state index in [0.717, 1.165) is 25.1 Å². The van der Waals surface area contributed by atoms with Crippen molar-refractivity contribution in [2.24, 2.45) is 0 Å². The average molecular weight is 267 g/mol. The van der Waals surface area contributed by atoms with Crippen LogP contribution in [0, 0.1) is 0 Å². The van der Waals surface area contributed by atoms with Crippen molar-refractivity contribution >= 4 is 5.97 Å². The Morgan fingerprint density at radius 2 is 2.05 bits per heavy atom. The summed E-state index contributed by atoms with van der Waals surface area (Å²) in [6.07, 6.45) is 1.08. The second-order valence-electron chi connectivity index (χ2n) is 4.07. The van der Waals surface area contributed by atoms with Gasteiger partial charge in [0.05, 0.1) is 6.61 Å². The zero-order valence-electron chi connectivity index (χ0n) is 11.4. The van der Waals surface area contributed by atoms with Gasteiger partial charge in [0.25, 0.3) is 0 Å². The van der Waals surface area contributed by atoms with Gasteiger partial charge in [0, 0.05) is 6.54 Å². The number of carbonyl (C=O) groups is 1. The molecule has 106 valence electrons.